The number of nitrogens with two attached hydrogens (primary N) is 1. The normalized spacial score (nSPS) is 12.3. The maximum atomic E-state index is 5.94. The van der Waals surface area contributed by atoms with Gasteiger partial charge < -0.3 is 10.5 Å². The summed E-state index contributed by atoms with van der Waals surface area (Å²) in [5.74, 6) is 0.851. The Morgan fingerprint density at radius 2 is 2.05 bits per heavy atom. The Kier molecular flexibility index (Phi) is 5.18. The Hall–Kier alpha value is -1.81. The van der Waals surface area contributed by atoms with Gasteiger partial charge in [0, 0.05) is 25.4 Å². The minimum Gasteiger partial charge on any atom is -0.484 e. The van der Waals surface area contributed by atoms with E-state index in [1.54, 1.807) is 10.9 Å². The molecule has 0 amide bonds. The number of hydrogen-bond acceptors (Lipinski definition) is 3. The van der Waals surface area contributed by atoms with Crippen LogP contribution in [0, 0.1) is 0 Å². The predicted octanol–water partition coefficient (Wildman–Crippen LogP) is 2.84. The van der Waals surface area contributed by atoms with Gasteiger partial charge in [-0.2, -0.15) is 5.10 Å². The average Bonchev–Trinajstić information content (AvgIpc) is 2.90. The van der Waals surface area contributed by atoms with Gasteiger partial charge in [0.1, 0.15) is 11.9 Å². The first-order chi connectivity index (χ1) is 9.72. The number of benzene rings is 1. The van der Waals surface area contributed by atoms with Crippen molar-refractivity contribution in [3.05, 3.63) is 47.8 Å². The third-order valence-corrected chi connectivity index (χ3v) is 3.33. The van der Waals surface area contributed by atoms with Crippen LogP contribution in [0.3, 0.4) is 0 Å². The van der Waals surface area contributed by atoms with E-state index in [4.69, 9.17) is 10.5 Å². The first-order valence-electron chi connectivity index (χ1n) is 7.17. The van der Waals surface area contributed by atoms with Crippen molar-refractivity contribution in [2.24, 2.45) is 12.8 Å². The SMILES string of the molecule is CCCCc1ccc(OC(CN)c2cnn(C)c2)cc1. The number of aryl methyl sites for hydroxylation is 2. The quantitative estimate of drug-likeness (QED) is 0.844. The number of rotatable bonds is 7. The molecule has 0 saturated heterocycles. The van der Waals surface area contributed by atoms with Crippen LogP contribution < -0.4 is 10.5 Å². The summed E-state index contributed by atoms with van der Waals surface area (Å²) in [6, 6.07) is 8.29. The zero-order chi connectivity index (χ0) is 14.4. The second-order valence-corrected chi connectivity index (χ2v) is 5.04. The monoisotopic (exact) mass is 273 g/mol. The van der Waals surface area contributed by atoms with Crippen LogP contribution in [0.15, 0.2) is 36.7 Å². The van der Waals surface area contributed by atoms with Crippen LogP contribution in [-0.2, 0) is 13.5 Å². The molecule has 1 aromatic heterocycles. The summed E-state index contributed by atoms with van der Waals surface area (Å²) < 4.78 is 7.70. The number of nitrogens with zero attached hydrogens (tertiary/aromatic N) is 2. The Labute approximate surface area is 120 Å². The molecule has 2 N–H and O–H groups in total. The van der Waals surface area contributed by atoms with E-state index in [1.165, 1.54) is 18.4 Å². The van der Waals surface area contributed by atoms with E-state index in [1.807, 2.05) is 25.4 Å². The molecule has 0 radical (unpaired) electrons. The maximum absolute atomic E-state index is 5.94. The molecule has 1 atom stereocenters. The van der Waals surface area contributed by atoms with Gasteiger partial charge in [-0.25, -0.2) is 0 Å². The van der Waals surface area contributed by atoms with Gasteiger partial charge in [0.15, 0.2) is 0 Å². The summed E-state index contributed by atoms with van der Waals surface area (Å²) in [5, 5.41) is 4.16. The summed E-state index contributed by atoms with van der Waals surface area (Å²) in [5.41, 5.74) is 8.15. The fourth-order valence-corrected chi connectivity index (χ4v) is 2.14. The summed E-state index contributed by atoms with van der Waals surface area (Å²) in [6.07, 6.45) is 7.15. The highest BCUT2D eigenvalue weighted by Gasteiger charge is 2.13. The van der Waals surface area contributed by atoms with Gasteiger partial charge >= 0.3 is 0 Å². The van der Waals surface area contributed by atoms with Gasteiger partial charge in [0.25, 0.3) is 0 Å². The standard InChI is InChI=1S/C16H23N3O/c1-3-4-5-13-6-8-15(9-7-13)20-16(10-17)14-11-18-19(2)12-14/h6-9,11-12,16H,3-5,10,17H2,1-2H3. The Bertz CT molecular complexity index is 519. The van der Waals surface area contributed by atoms with Crippen molar-refractivity contribution in [1.82, 2.24) is 9.78 Å². The fraction of sp³-hybridized carbons (Fsp3) is 0.438. The zero-order valence-corrected chi connectivity index (χ0v) is 12.2. The third-order valence-electron chi connectivity index (χ3n) is 3.33. The molecular formula is C16H23N3O. The molecule has 0 fully saturated rings. The van der Waals surface area contributed by atoms with Gasteiger partial charge in [-0.15, -0.1) is 0 Å². The Balaban J connectivity index is 2.00. The van der Waals surface area contributed by atoms with E-state index in [2.05, 4.69) is 24.2 Å². The summed E-state index contributed by atoms with van der Waals surface area (Å²) >= 11 is 0. The topological polar surface area (TPSA) is 53.1 Å². The van der Waals surface area contributed by atoms with Crippen molar-refractivity contribution >= 4 is 0 Å². The lowest BCUT2D eigenvalue weighted by molar-refractivity contribution is 0.214. The van der Waals surface area contributed by atoms with Crippen LogP contribution in [0.4, 0.5) is 0 Å². The van der Waals surface area contributed by atoms with Crippen molar-refractivity contribution in [1.29, 1.82) is 0 Å². The van der Waals surface area contributed by atoms with Gasteiger partial charge in [-0.1, -0.05) is 25.5 Å². The fourth-order valence-electron chi connectivity index (χ4n) is 2.14. The molecule has 0 bridgehead atoms. The number of ether oxygens (including phenoxy) is 1. The third kappa shape index (κ3) is 3.84. The highest BCUT2D eigenvalue weighted by molar-refractivity contribution is 5.28. The largest absolute Gasteiger partial charge is 0.484 e. The van der Waals surface area contributed by atoms with E-state index in [9.17, 15) is 0 Å². The van der Waals surface area contributed by atoms with Gasteiger partial charge in [0.2, 0.25) is 0 Å². The molecule has 2 rings (SSSR count). The van der Waals surface area contributed by atoms with E-state index in [0.29, 0.717) is 6.54 Å². The van der Waals surface area contributed by atoms with Crippen LogP contribution in [0.5, 0.6) is 5.75 Å². The van der Waals surface area contributed by atoms with Crippen molar-refractivity contribution in [2.75, 3.05) is 6.54 Å². The lowest BCUT2D eigenvalue weighted by Crippen LogP contribution is -2.18. The molecule has 0 aliphatic heterocycles. The minimum atomic E-state index is -0.148. The summed E-state index contributed by atoms with van der Waals surface area (Å²) in [6.45, 7) is 2.64. The summed E-state index contributed by atoms with van der Waals surface area (Å²) in [4.78, 5) is 0. The molecule has 0 spiro atoms. The van der Waals surface area contributed by atoms with Crippen molar-refractivity contribution in [3.63, 3.8) is 0 Å². The van der Waals surface area contributed by atoms with E-state index < -0.39 is 0 Å². The van der Waals surface area contributed by atoms with Crippen molar-refractivity contribution < 1.29 is 4.74 Å². The Morgan fingerprint density at radius 3 is 2.60 bits per heavy atom. The lowest BCUT2D eigenvalue weighted by atomic mass is 10.1. The predicted molar refractivity (Wildman–Crippen MR) is 80.7 cm³/mol. The molecule has 4 heteroatoms. The second-order valence-electron chi connectivity index (χ2n) is 5.04. The molecule has 1 aromatic carbocycles. The number of hydrogen-bond donors (Lipinski definition) is 1. The molecule has 2 aromatic rings. The van der Waals surface area contributed by atoms with E-state index >= 15 is 0 Å². The van der Waals surface area contributed by atoms with Crippen LogP contribution in [0.1, 0.15) is 37.0 Å². The van der Waals surface area contributed by atoms with Crippen LogP contribution in [-0.4, -0.2) is 16.3 Å². The number of unbranched alkanes of at least 4 members (excludes halogenated alkanes) is 1. The molecule has 1 unspecified atom stereocenters. The molecule has 20 heavy (non-hydrogen) atoms. The van der Waals surface area contributed by atoms with Crippen LogP contribution in [0.25, 0.3) is 0 Å². The van der Waals surface area contributed by atoms with Crippen LogP contribution >= 0.6 is 0 Å². The van der Waals surface area contributed by atoms with Crippen molar-refractivity contribution in [3.8, 4) is 5.75 Å². The molecule has 0 aliphatic rings. The smallest absolute Gasteiger partial charge is 0.139 e. The van der Waals surface area contributed by atoms with Gasteiger partial charge in [0.05, 0.1) is 6.20 Å². The highest BCUT2D eigenvalue weighted by Crippen LogP contribution is 2.21. The Morgan fingerprint density at radius 1 is 1.30 bits per heavy atom. The van der Waals surface area contributed by atoms with Crippen molar-refractivity contribution in [2.45, 2.75) is 32.3 Å². The van der Waals surface area contributed by atoms with Gasteiger partial charge in [-0.3, -0.25) is 4.68 Å². The average molecular weight is 273 g/mol. The first-order valence-corrected chi connectivity index (χ1v) is 7.17. The second kappa shape index (κ2) is 7.10. The molecule has 4 nitrogen and oxygen atoms in total. The summed E-state index contributed by atoms with van der Waals surface area (Å²) in [7, 11) is 1.89. The highest BCUT2D eigenvalue weighted by atomic mass is 16.5. The van der Waals surface area contributed by atoms with E-state index in [0.717, 1.165) is 17.7 Å². The van der Waals surface area contributed by atoms with Gasteiger partial charge in [-0.05, 0) is 30.5 Å². The minimum absolute atomic E-state index is 0.148. The molecular weight excluding hydrogens is 250 g/mol. The molecule has 1 heterocycles. The van der Waals surface area contributed by atoms with Crippen LogP contribution in [0.2, 0.25) is 0 Å². The first kappa shape index (κ1) is 14.6. The zero-order valence-electron chi connectivity index (χ0n) is 12.2. The molecule has 0 saturated carbocycles. The molecule has 108 valence electrons. The maximum Gasteiger partial charge on any atom is 0.139 e. The number of aromatic nitrogens is 2. The van der Waals surface area contributed by atoms with E-state index in [-0.39, 0.29) is 6.10 Å². The lowest BCUT2D eigenvalue weighted by Gasteiger charge is -2.16. The molecule has 0 aliphatic carbocycles.